The molecule has 3 saturated heterocycles. The second-order valence-electron chi connectivity index (χ2n) is 6.39. The molecule has 3 heterocycles. The lowest BCUT2D eigenvalue weighted by Gasteiger charge is -2.32. The lowest BCUT2D eigenvalue weighted by molar-refractivity contribution is -0.900. The standard InChI is InChI=1S/C13H21N2O/c1-13-5-4-12(16-13)10-8-15(2,7-3-6-14)9-11(10)13/h10-12H,3-5,7-9H2,1-2H3/q+1. The van der Waals surface area contributed by atoms with Crippen LogP contribution >= 0.6 is 0 Å². The van der Waals surface area contributed by atoms with E-state index in [1.165, 1.54) is 25.9 Å². The number of hydrogen-bond acceptors (Lipinski definition) is 2. The molecule has 3 nitrogen and oxygen atoms in total. The third-order valence-corrected chi connectivity index (χ3v) is 5.18. The predicted molar refractivity (Wildman–Crippen MR) is 60.5 cm³/mol. The van der Waals surface area contributed by atoms with Gasteiger partial charge in [0.1, 0.15) is 0 Å². The van der Waals surface area contributed by atoms with Gasteiger partial charge in [0.15, 0.2) is 0 Å². The van der Waals surface area contributed by atoms with Crippen LogP contribution in [0.2, 0.25) is 0 Å². The Morgan fingerprint density at radius 3 is 3.00 bits per heavy atom. The van der Waals surface area contributed by atoms with Crippen molar-refractivity contribution in [3.05, 3.63) is 0 Å². The van der Waals surface area contributed by atoms with Crippen molar-refractivity contribution in [3.8, 4) is 6.07 Å². The van der Waals surface area contributed by atoms with E-state index in [4.69, 9.17) is 10.00 Å². The zero-order valence-electron chi connectivity index (χ0n) is 10.3. The number of ether oxygens (including phenoxy) is 1. The van der Waals surface area contributed by atoms with Gasteiger partial charge in [0.25, 0.3) is 0 Å². The second kappa shape index (κ2) is 3.21. The first-order chi connectivity index (χ1) is 7.56. The molecule has 5 unspecified atom stereocenters. The molecular weight excluding hydrogens is 200 g/mol. The van der Waals surface area contributed by atoms with E-state index in [9.17, 15) is 0 Å². The van der Waals surface area contributed by atoms with E-state index >= 15 is 0 Å². The van der Waals surface area contributed by atoms with Gasteiger partial charge in [0, 0.05) is 11.8 Å². The number of hydrogen-bond donors (Lipinski definition) is 0. The molecule has 5 atom stereocenters. The molecule has 0 aromatic carbocycles. The Kier molecular flexibility index (Phi) is 2.12. The number of nitrogens with zero attached hydrogens (tertiary/aromatic N) is 2. The Bertz CT molecular complexity index is 350. The molecule has 0 amide bonds. The molecule has 0 spiro atoms. The van der Waals surface area contributed by atoms with Crippen molar-refractivity contribution in [2.45, 2.75) is 37.9 Å². The first-order valence-electron chi connectivity index (χ1n) is 6.45. The molecule has 3 heteroatoms. The molecule has 0 radical (unpaired) electrons. The summed E-state index contributed by atoms with van der Waals surface area (Å²) in [6.45, 7) is 5.77. The minimum absolute atomic E-state index is 0.165. The maximum Gasteiger partial charge on any atom is 0.0916 e. The molecule has 3 aliphatic heterocycles. The summed E-state index contributed by atoms with van der Waals surface area (Å²) in [5.74, 6) is 1.51. The zero-order valence-corrected chi connectivity index (χ0v) is 10.3. The minimum Gasteiger partial charge on any atom is -0.371 e. The molecule has 3 aliphatic rings. The van der Waals surface area contributed by atoms with E-state index in [2.05, 4.69) is 20.0 Å². The molecule has 0 aromatic rings. The topological polar surface area (TPSA) is 33.0 Å². The van der Waals surface area contributed by atoms with Crippen LogP contribution in [-0.2, 0) is 4.74 Å². The van der Waals surface area contributed by atoms with Crippen molar-refractivity contribution in [3.63, 3.8) is 0 Å². The van der Waals surface area contributed by atoms with Crippen molar-refractivity contribution < 1.29 is 9.22 Å². The van der Waals surface area contributed by atoms with Crippen LogP contribution in [-0.4, -0.2) is 42.9 Å². The smallest absolute Gasteiger partial charge is 0.0916 e. The highest BCUT2D eigenvalue weighted by molar-refractivity contribution is 5.06. The van der Waals surface area contributed by atoms with E-state index in [1.54, 1.807) is 0 Å². The molecular formula is C13H21N2O+. The Morgan fingerprint density at radius 2 is 2.31 bits per heavy atom. The summed E-state index contributed by atoms with van der Waals surface area (Å²) in [6.07, 6.45) is 3.72. The van der Waals surface area contributed by atoms with Gasteiger partial charge in [-0.1, -0.05) is 0 Å². The maximum atomic E-state index is 8.73. The van der Waals surface area contributed by atoms with Crippen LogP contribution in [0, 0.1) is 23.2 Å². The number of likely N-dealkylation sites (tertiary alicyclic amines) is 1. The van der Waals surface area contributed by atoms with Crippen LogP contribution in [0.3, 0.4) is 0 Å². The van der Waals surface area contributed by atoms with Crippen molar-refractivity contribution in [2.75, 3.05) is 26.7 Å². The second-order valence-corrected chi connectivity index (χ2v) is 6.39. The molecule has 3 rings (SSSR count). The average molecular weight is 221 g/mol. The van der Waals surface area contributed by atoms with Gasteiger partial charge in [-0.15, -0.1) is 0 Å². The van der Waals surface area contributed by atoms with Crippen LogP contribution in [0.4, 0.5) is 0 Å². The molecule has 16 heavy (non-hydrogen) atoms. The highest BCUT2D eigenvalue weighted by Crippen LogP contribution is 2.55. The summed E-state index contributed by atoms with van der Waals surface area (Å²) in [5.41, 5.74) is 0.165. The number of rotatable bonds is 2. The van der Waals surface area contributed by atoms with Crippen molar-refractivity contribution >= 4 is 0 Å². The molecule has 0 saturated carbocycles. The van der Waals surface area contributed by atoms with Crippen LogP contribution in [0.1, 0.15) is 26.2 Å². The van der Waals surface area contributed by atoms with Gasteiger partial charge in [-0.2, -0.15) is 5.26 Å². The summed E-state index contributed by atoms with van der Waals surface area (Å²) < 4.78 is 7.25. The summed E-state index contributed by atoms with van der Waals surface area (Å²) >= 11 is 0. The number of fused-ring (bicyclic) bond motifs is 5. The molecule has 0 aromatic heterocycles. The van der Waals surface area contributed by atoms with Crippen molar-refractivity contribution in [1.82, 2.24) is 0 Å². The first-order valence-corrected chi connectivity index (χ1v) is 6.45. The van der Waals surface area contributed by atoms with E-state index in [-0.39, 0.29) is 5.60 Å². The summed E-state index contributed by atoms with van der Waals surface area (Å²) in [7, 11) is 2.32. The van der Waals surface area contributed by atoms with Gasteiger partial charge < -0.3 is 9.22 Å². The van der Waals surface area contributed by atoms with Crippen molar-refractivity contribution in [1.29, 1.82) is 5.26 Å². The lowest BCUT2D eigenvalue weighted by Crippen LogP contribution is -2.45. The van der Waals surface area contributed by atoms with Crippen LogP contribution in [0.25, 0.3) is 0 Å². The quantitative estimate of drug-likeness (QED) is 0.663. The Labute approximate surface area is 97.6 Å². The number of quaternary nitrogens is 1. The third kappa shape index (κ3) is 1.33. The van der Waals surface area contributed by atoms with Gasteiger partial charge in [-0.25, -0.2) is 0 Å². The third-order valence-electron chi connectivity index (χ3n) is 5.18. The van der Waals surface area contributed by atoms with Gasteiger partial charge in [-0.3, -0.25) is 0 Å². The zero-order chi connectivity index (χ0) is 11.4. The Balaban J connectivity index is 1.77. The normalized spacial score (nSPS) is 53.9. The molecule has 88 valence electrons. The fourth-order valence-corrected chi connectivity index (χ4v) is 4.31. The highest BCUT2D eigenvalue weighted by atomic mass is 16.5. The van der Waals surface area contributed by atoms with Gasteiger partial charge in [-0.05, 0) is 19.8 Å². The Morgan fingerprint density at radius 1 is 1.50 bits per heavy atom. The number of nitriles is 1. The largest absolute Gasteiger partial charge is 0.371 e. The van der Waals surface area contributed by atoms with Crippen LogP contribution in [0.15, 0.2) is 0 Å². The average Bonchev–Trinajstić information content (AvgIpc) is 2.84. The monoisotopic (exact) mass is 221 g/mol. The highest BCUT2D eigenvalue weighted by Gasteiger charge is 2.63. The van der Waals surface area contributed by atoms with Crippen LogP contribution in [0.5, 0.6) is 0 Å². The predicted octanol–water partition coefficient (Wildman–Crippen LogP) is 1.54. The first kappa shape index (κ1) is 10.6. The van der Waals surface area contributed by atoms with E-state index in [0.717, 1.165) is 22.9 Å². The maximum absolute atomic E-state index is 8.73. The molecule has 2 bridgehead atoms. The fourth-order valence-electron chi connectivity index (χ4n) is 4.31. The van der Waals surface area contributed by atoms with E-state index < -0.39 is 0 Å². The summed E-state index contributed by atoms with van der Waals surface area (Å²) in [4.78, 5) is 0. The van der Waals surface area contributed by atoms with Crippen LogP contribution < -0.4 is 0 Å². The summed E-state index contributed by atoms with van der Waals surface area (Å²) in [5, 5.41) is 8.73. The molecule has 3 fully saturated rings. The lowest BCUT2D eigenvalue weighted by atomic mass is 9.75. The molecule has 0 N–H and O–H groups in total. The minimum atomic E-state index is 0.165. The fraction of sp³-hybridized carbons (Fsp3) is 0.923. The van der Waals surface area contributed by atoms with E-state index in [1.807, 2.05) is 0 Å². The van der Waals surface area contributed by atoms with Gasteiger partial charge in [0.2, 0.25) is 0 Å². The van der Waals surface area contributed by atoms with Crippen molar-refractivity contribution in [2.24, 2.45) is 11.8 Å². The SMILES string of the molecule is CC12CCC(O1)C1C[N+](C)(CCC#N)CC12. The Hall–Kier alpha value is -0.590. The van der Waals surface area contributed by atoms with E-state index in [0.29, 0.717) is 12.5 Å². The molecule has 0 aliphatic carbocycles. The van der Waals surface area contributed by atoms with Gasteiger partial charge in [0.05, 0.1) is 50.9 Å². The summed E-state index contributed by atoms with van der Waals surface area (Å²) in [6, 6.07) is 2.29. The van der Waals surface area contributed by atoms with Gasteiger partial charge >= 0.3 is 0 Å².